The molecule has 0 atom stereocenters. The average molecular weight is 295 g/mol. The lowest BCUT2D eigenvalue weighted by Gasteiger charge is -2.06. The summed E-state index contributed by atoms with van der Waals surface area (Å²) in [5, 5.41) is 4.86. The topological polar surface area (TPSA) is 97.3 Å². The molecule has 116 valence electrons. The molecule has 0 amide bonds. The Labute approximate surface area is 123 Å². The molecular weight excluding hydrogens is 274 g/mol. The van der Waals surface area contributed by atoms with Crippen molar-refractivity contribution in [1.82, 2.24) is 19.7 Å². The van der Waals surface area contributed by atoms with Crippen molar-refractivity contribution < 1.29 is 14.2 Å². The molecule has 8 nitrogen and oxygen atoms in total. The van der Waals surface area contributed by atoms with E-state index in [1.165, 1.54) is 0 Å². The summed E-state index contributed by atoms with van der Waals surface area (Å²) >= 11 is 0. The molecule has 8 heteroatoms. The van der Waals surface area contributed by atoms with Crippen LogP contribution in [0.4, 0.5) is 5.82 Å². The van der Waals surface area contributed by atoms with Crippen LogP contribution in [0.15, 0.2) is 6.20 Å². The molecule has 0 aliphatic carbocycles. The molecule has 2 N–H and O–H groups in total. The van der Waals surface area contributed by atoms with Gasteiger partial charge in [0.1, 0.15) is 12.4 Å². The number of anilines is 1. The van der Waals surface area contributed by atoms with E-state index in [2.05, 4.69) is 15.1 Å². The summed E-state index contributed by atoms with van der Waals surface area (Å²) in [5.74, 6) is 0.963. The summed E-state index contributed by atoms with van der Waals surface area (Å²) in [6.07, 6.45) is 2.54. The number of methoxy groups -OCH3 is 1. The highest BCUT2D eigenvalue weighted by molar-refractivity contribution is 5.84. The number of hydrogen-bond acceptors (Lipinski definition) is 7. The van der Waals surface area contributed by atoms with Gasteiger partial charge in [-0.1, -0.05) is 0 Å². The van der Waals surface area contributed by atoms with Gasteiger partial charge >= 0.3 is 0 Å². The Hall–Kier alpha value is -1.77. The first-order valence-corrected chi connectivity index (χ1v) is 6.81. The van der Waals surface area contributed by atoms with Gasteiger partial charge < -0.3 is 19.9 Å². The minimum Gasteiger partial charge on any atom is -0.385 e. The molecule has 0 saturated carbocycles. The Morgan fingerprint density at radius 2 is 1.95 bits per heavy atom. The second-order valence-corrected chi connectivity index (χ2v) is 4.54. The number of rotatable bonds is 9. The first-order chi connectivity index (χ1) is 10.2. The third kappa shape index (κ3) is 4.35. The van der Waals surface area contributed by atoms with Crippen molar-refractivity contribution in [2.24, 2.45) is 7.05 Å². The zero-order chi connectivity index (χ0) is 15.1. The maximum atomic E-state index is 5.87. The molecule has 0 bridgehead atoms. The van der Waals surface area contributed by atoms with Crippen LogP contribution in [0, 0.1) is 0 Å². The summed E-state index contributed by atoms with van der Waals surface area (Å²) in [7, 11) is 3.49. The van der Waals surface area contributed by atoms with Crippen LogP contribution in [-0.4, -0.2) is 53.3 Å². The average Bonchev–Trinajstić information content (AvgIpc) is 2.84. The zero-order valence-corrected chi connectivity index (χ0v) is 12.4. The van der Waals surface area contributed by atoms with E-state index in [0.29, 0.717) is 50.3 Å². The fourth-order valence-electron chi connectivity index (χ4n) is 1.84. The van der Waals surface area contributed by atoms with E-state index in [0.717, 1.165) is 11.8 Å². The van der Waals surface area contributed by atoms with E-state index in [1.54, 1.807) is 18.0 Å². The summed E-state index contributed by atoms with van der Waals surface area (Å²) in [6, 6.07) is 0. The SMILES string of the molecule is COCCCOCCOCc1nc(N)c2cnn(C)c2n1. The van der Waals surface area contributed by atoms with Crippen LogP contribution >= 0.6 is 0 Å². The third-order valence-electron chi connectivity index (χ3n) is 2.91. The summed E-state index contributed by atoms with van der Waals surface area (Å²) in [5.41, 5.74) is 6.58. The van der Waals surface area contributed by atoms with Crippen molar-refractivity contribution in [1.29, 1.82) is 0 Å². The fourth-order valence-corrected chi connectivity index (χ4v) is 1.84. The number of nitrogens with zero attached hydrogens (tertiary/aromatic N) is 4. The highest BCUT2D eigenvalue weighted by Crippen LogP contribution is 2.16. The predicted octanol–water partition coefficient (Wildman–Crippen LogP) is 0.515. The molecule has 0 radical (unpaired) electrons. The quantitative estimate of drug-likeness (QED) is 0.673. The lowest BCUT2D eigenvalue weighted by atomic mass is 10.4. The van der Waals surface area contributed by atoms with Gasteiger partial charge in [0.25, 0.3) is 0 Å². The van der Waals surface area contributed by atoms with Crippen molar-refractivity contribution in [3.05, 3.63) is 12.0 Å². The van der Waals surface area contributed by atoms with E-state index >= 15 is 0 Å². The van der Waals surface area contributed by atoms with Gasteiger partial charge in [-0.05, 0) is 6.42 Å². The highest BCUT2D eigenvalue weighted by Gasteiger charge is 2.09. The number of hydrogen-bond donors (Lipinski definition) is 1. The van der Waals surface area contributed by atoms with Crippen molar-refractivity contribution in [3.63, 3.8) is 0 Å². The molecule has 0 unspecified atom stereocenters. The van der Waals surface area contributed by atoms with E-state index in [4.69, 9.17) is 19.9 Å². The van der Waals surface area contributed by atoms with Crippen LogP contribution in [0.3, 0.4) is 0 Å². The minimum absolute atomic E-state index is 0.298. The normalized spacial score (nSPS) is 11.3. The van der Waals surface area contributed by atoms with Crippen LogP contribution in [0.25, 0.3) is 11.0 Å². The minimum atomic E-state index is 0.298. The highest BCUT2D eigenvalue weighted by atomic mass is 16.5. The van der Waals surface area contributed by atoms with Crippen molar-refractivity contribution in [3.8, 4) is 0 Å². The number of ether oxygens (including phenoxy) is 3. The van der Waals surface area contributed by atoms with Gasteiger partial charge in [0.15, 0.2) is 11.5 Å². The van der Waals surface area contributed by atoms with Gasteiger partial charge in [0.05, 0.1) is 24.8 Å². The molecule has 0 aliphatic heterocycles. The second-order valence-electron chi connectivity index (χ2n) is 4.54. The van der Waals surface area contributed by atoms with Crippen LogP contribution in [0.1, 0.15) is 12.2 Å². The van der Waals surface area contributed by atoms with E-state index in [-0.39, 0.29) is 0 Å². The standard InChI is InChI=1S/C13H21N5O3/c1-18-13-10(8-15-18)12(14)16-11(17-13)9-21-7-6-20-5-3-4-19-2/h8H,3-7,9H2,1-2H3,(H2,14,16,17). The summed E-state index contributed by atoms with van der Waals surface area (Å²) < 4.78 is 17.5. The number of nitrogen functional groups attached to an aromatic ring is 1. The maximum absolute atomic E-state index is 5.87. The monoisotopic (exact) mass is 295 g/mol. The van der Waals surface area contributed by atoms with Crippen LogP contribution < -0.4 is 5.73 Å². The van der Waals surface area contributed by atoms with Crippen molar-refractivity contribution in [2.75, 3.05) is 39.3 Å². The largest absolute Gasteiger partial charge is 0.385 e. The smallest absolute Gasteiger partial charge is 0.163 e. The molecular formula is C13H21N5O3. The molecule has 2 aromatic heterocycles. The first-order valence-electron chi connectivity index (χ1n) is 6.81. The van der Waals surface area contributed by atoms with Crippen molar-refractivity contribution in [2.45, 2.75) is 13.0 Å². The van der Waals surface area contributed by atoms with Crippen molar-refractivity contribution >= 4 is 16.9 Å². The summed E-state index contributed by atoms with van der Waals surface area (Å²) in [6.45, 7) is 2.69. The van der Waals surface area contributed by atoms with Crippen LogP contribution in [0.2, 0.25) is 0 Å². The molecule has 21 heavy (non-hydrogen) atoms. The van der Waals surface area contributed by atoms with Gasteiger partial charge in [0, 0.05) is 27.4 Å². The van der Waals surface area contributed by atoms with Gasteiger partial charge in [-0.3, -0.25) is 4.68 Å². The van der Waals surface area contributed by atoms with Crippen LogP contribution in [0.5, 0.6) is 0 Å². The Kier molecular flexibility index (Phi) is 5.85. The molecule has 2 aromatic rings. The molecule has 0 fully saturated rings. The molecule has 0 saturated heterocycles. The molecule has 0 aromatic carbocycles. The third-order valence-corrected chi connectivity index (χ3v) is 2.91. The van der Waals surface area contributed by atoms with E-state index in [1.807, 2.05) is 7.05 Å². The Morgan fingerprint density at radius 1 is 1.14 bits per heavy atom. The Morgan fingerprint density at radius 3 is 2.76 bits per heavy atom. The Balaban J connectivity index is 1.75. The number of fused-ring (bicyclic) bond motifs is 1. The van der Waals surface area contributed by atoms with Gasteiger partial charge in [-0.25, -0.2) is 9.97 Å². The van der Waals surface area contributed by atoms with E-state index in [9.17, 15) is 0 Å². The molecule has 2 rings (SSSR count). The first kappa shape index (κ1) is 15.6. The Bertz CT molecular complexity index is 572. The van der Waals surface area contributed by atoms with Crippen LogP contribution in [-0.2, 0) is 27.9 Å². The van der Waals surface area contributed by atoms with Gasteiger partial charge in [-0.15, -0.1) is 0 Å². The fraction of sp³-hybridized carbons (Fsp3) is 0.615. The zero-order valence-electron chi connectivity index (χ0n) is 12.4. The predicted molar refractivity (Wildman–Crippen MR) is 77.7 cm³/mol. The summed E-state index contributed by atoms with van der Waals surface area (Å²) in [4.78, 5) is 8.58. The van der Waals surface area contributed by atoms with Gasteiger partial charge in [0.2, 0.25) is 0 Å². The number of aryl methyl sites for hydroxylation is 1. The molecule has 0 aliphatic rings. The van der Waals surface area contributed by atoms with Gasteiger partial charge in [-0.2, -0.15) is 5.10 Å². The second kappa shape index (κ2) is 7.87. The lowest BCUT2D eigenvalue weighted by Crippen LogP contribution is -2.09. The maximum Gasteiger partial charge on any atom is 0.163 e. The lowest BCUT2D eigenvalue weighted by molar-refractivity contribution is 0.0318. The number of aromatic nitrogens is 4. The number of nitrogens with two attached hydrogens (primary N) is 1. The molecule has 2 heterocycles. The molecule has 0 spiro atoms. The van der Waals surface area contributed by atoms with E-state index < -0.39 is 0 Å².